The molecule has 1 amide bonds. The standard InChI is InChI=1S/C23H25N3O3S2/c1-17-6-8-18(9-7-17)21-10-15-30-22(21)23(27)24-19-4-3-5-20(16-19)31(28,29)26-13-11-25(2)12-14-26/h3-10,15-16H,11-14H2,1-2H3,(H,24,27). The van der Waals surface area contributed by atoms with Gasteiger partial charge in [-0.15, -0.1) is 11.3 Å². The summed E-state index contributed by atoms with van der Waals surface area (Å²) in [4.78, 5) is 15.9. The Bertz CT molecular complexity index is 1180. The molecule has 162 valence electrons. The van der Waals surface area contributed by atoms with Crippen molar-refractivity contribution >= 4 is 33.0 Å². The number of sulfonamides is 1. The van der Waals surface area contributed by atoms with Gasteiger partial charge in [-0.25, -0.2) is 8.42 Å². The number of hydrogen-bond acceptors (Lipinski definition) is 5. The van der Waals surface area contributed by atoms with E-state index in [1.54, 1.807) is 18.2 Å². The average Bonchev–Trinajstić information content (AvgIpc) is 3.25. The molecule has 1 aliphatic heterocycles. The SMILES string of the molecule is Cc1ccc(-c2ccsc2C(=O)Nc2cccc(S(=O)(=O)N3CCN(C)CC3)c2)cc1. The first-order chi connectivity index (χ1) is 14.8. The molecular weight excluding hydrogens is 430 g/mol. The van der Waals surface area contributed by atoms with Crippen LogP contribution < -0.4 is 5.32 Å². The molecule has 1 saturated heterocycles. The zero-order valence-corrected chi connectivity index (χ0v) is 19.2. The van der Waals surface area contributed by atoms with E-state index < -0.39 is 10.0 Å². The number of amides is 1. The van der Waals surface area contributed by atoms with Crippen LogP contribution in [0.2, 0.25) is 0 Å². The summed E-state index contributed by atoms with van der Waals surface area (Å²) < 4.78 is 27.6. The van der Waals surface area contributed by atoms with Crippen molar-refractivity contribution in [3.05, 3.63) is 70.4 Å². The molecule has 0 unspecified atom stereocenters. The van der Waals surface area contributed by atoms with Crippen molar-refractivity contribution in [2.75, 3.05) is 38.5 Å². The molecule has 1 aromatic heterocycles. The summed E-state index contributed by atoms with van der Waals surface area (Å²) in [7, 11) is -1.61. The predicted octanol–water partition coefficient (Wildman–Crippen LogP) is 3.91. The molecule has 0 aliphatic carbocycles. The quantitative estimate of drug-likeness (QED) is 0.633. The normalized spacial score (nSPS) is 15.7. The minimum atomic E-state index is -3.59. The van der Waals surface area contributed by atoms with Crippen LogP contribution in [-0.2, 0) is 10.0 Å². The minimum Gasteiger partial charge on any atom is -0.321 e. The van der Waals surface area contributed by atoms with Crippen LogP contribution >= 0.6 is 11.3 Å². The molecule has 31 heavy (non-hydrogen) atoms. The highest BCUT2D eigenvalue weighted by molar-refractivity contribution is 7.89. The number of thiophene rings is 1. The summed E-state index contributed by atoms with van der Waals surface area (Å²) >= 11 is 1.37. The first-order valence-corrected chi connectivity index (χ1v) is 12.4. The number of rotatable bonds is 5. The highest BCUT2D eigenvalue weighted by Gasteiger charge is 2.27. The zero-order chi connectivity index (χ0) is 22.0. The van der Waals surface area contributed by atoms with Crippen molar-refractivity contribution in [3.8, 4) is 11.1 Å². The molecule has 8 heteroatoms. The van der Waals surface area contributed by atoms with Crippen LogP contribution in [0.4, 0.5) is 5.69 Å². The second kappa shape index (κ2) is 8.92. The number of nitrogens with one attached hydrogen (secondary N) is 1. The monoisotopic (exact) mass is 455 g/mol. The summed E-state index contributed by atoms with van der Waals surface area (Å²) in [6.07, 6.45) is 0. The van der Waals surface area contributed by atoms with Gasteiger partial charge in [0.15, 0.2) is 0 Å². The van der Waals surface area contributed by atoms with Crippen molar-refractivity contribution in [3.63, 3.8) is 0 Å². The van der Waals surface area contributed by atoms with Gasteiger partial charge in [0, 0.05) is 37.4 Å². The topological polar surface area (TPSA) is 69.7 Å². The Morgan fingerprint density at radius 3 is 2.42 bits per heavy atom. The highest BCUT2D eigenvalue weighted by Crippen LogP contribution is 2.30. The smallest absolute Gasteiger partial charge is 0.266 e. The third-order valence-corrected chi connectivity index (χ3v) is 8.23. The van der Waals surface area contributed by atoms with E-state index >= 15 is 0 Å². The summed E-state index contributed by atoms with van der Waals surface area (Å²) in [5, 5.41) is 4.76. The van der Waals surface area contributed by atoms with Crippen molar-refractivity contribution in [2.24, 2.45) is 0 Å². The van der Waals surface area contributed by atoms with Crippen molar-refractivity contribution in [2.45, 2.75) is 11.8 Å². The van der Waals surface area contributed by atoms with E-state index in [2.05, 4.69) is 10.2 Å². The second-order valence-corrected chi connectivity index (χ2v) is 10.6. The van der Waals surface area contributed by atoms with Crippen LogP contribution in [0.3, 0.4) is 0 Å². The second-order valence-electron chi connectivity index (χ2n) is 7.72. The van der Waals surface area contributed by atoms with Crippen LogP contribution in [0.15, 0.2) is 64.9 Å². The van der Waals surface area contributed by atoms with Gasteiger partial charge in [0.25, 0.3) is 5.91 Å². The molecule has 0 spiro atoms. The number of benzene rings is 2. The van der Waals surface area contributed by atoms with Gasteiger partial charge in [0.2, 0.25) is 10.0 Å². The molecule has 6 nitrogen and oxygen atoms in total. The average molecular weight is 456 g/mol. The summed E-state index contributed by atoms with van der Waals surface area (Å²) in [5.74, 6) is -0.250. The molecule has 1 aliphatic rings. The van der Waals surface area contributed by atoms with Crippen LogP contribution in [0.1, 0.15) is 15.2 Å². The number of carbonyl (C=O) groups excluding carboxylic acids is 1. The van der Waals surface area contributed by atoms with Gasteiger partial charge in [-0.3, -0.25) is 4.79 Å². The fourth-order valence-electron chi connectivity index (χ4n) is 3.55. The third-order valence-electron chi connectivity index (χ3n) is 5.43. The van der Waals surface area contributed by atoms with E-state index in [-0.39, 0.29) is 10.8 Å². The predicted molar refractivity (Wildman–Crippen MR) is 125 cm³/mol. The Labute approximate surface area is 187 Å². The molecular formula is C23H25N3O3S2. The Kier molecular flexibility index (Phi) is 6.24. The molecule has 2 aromatic carbocycles. The molecule has 4 rings (SSSR count). The number of carbonyl (C=O) groups is 1. The number of likely N-dealkylation sites (N-methyl/N-ethyl adjacent to an activating group) is 1. The maximum Gasteiger partial charge on any atom is 0.266 e. The summed E-state index contributed by atoms with van der Waals surface area (Å²) in [6, 6.07) is 16.4. The van der Waals surface area contributed by atoms with E-state index in [9.17, 15) is 13.2 Å². The molecule has 0 saturated carbocycles. The van der Waals surface area contributed by atoms with Gasteiger partial charge in [-0.05, 0) is 49.2 Å². The van der Waals surface area contributed by atoms with Crippen LogP contribution in [-0.4, -0.2) is 56.8 Å². The van der Waals surface area contributed by atoms with Crippen LogP contribution in [0.5, 0.6) is 0 Å². The van der Waals surface area contributed by atoms with E-state index in [1.807, 2.05) is 49.7 Å². The first kappa shape index (κ1) is 21.7. The van der Waals surface area contributed by atoms with Crippen LogP contribution in [0.25, 0.3) is 11.1 Å². The lowest BCUT2D eigenvalue weighted by Gasteiger charge is -2.31. The van der Waals surface area contributed by atoms with Gasteiger partial charge < -0.3 is 10.2 Å². The minimum absolute atomic E-state index is 0.194. The summed E-state index contributed by atoms with van der Waals surface area (Å²) in [6.45, 7) is 4.36. The molecule has 1 N–H and O–H groups in total. The van der Waals surface area contributed by atoms with E-state index in [0.29, 0.717) is 36.7 Å². The maximum atomic E-state index is 13.0. The number of nitrogens with zero attached hydrogens (tertiary/aromatic N) is 2. The maximum absolute atomic E-state index is 13.0. The van der Waals surface area contributed by atoms with Crippen molar-refractivity contribution in [1.29, 1.82) is 0 Å². The first-order valence-electron chi connectivity index (χ1n) is 10.1. The Morgan fingerprint density at radius 2 is 1.71 bits per heavy atom. The van der Waals surface area contributed by atoms with E-state index in [0.717, 1.165) is 16.7 Å². The van der Waals surface area contributed by atoms with Gasteiger partial charge in [-0.2, -0.15) is 4.31 Å². The molecule has 0 bridgehead atoms. The fourth-order valence-corrected chi connectivity index (χ4v) is 5.82. The number of hydrogen-bond donors (Lipinski definition) is 1. The van der Waals surface area contributed by atoms with Gasteiger partial charge in [0.05, 0.1) is 9.77 Å². The van der Waals surface area contributed by atoms with Gasteiger partial charge in [-0.1, -0.05) is 35.9 Å². The Morgan fingerprint density at radius 1 is 1.00 bits per heavy atom. The lowest BCUT2D eigenvalue weighted by atomic mass is 10.0. The fraction of sp³-hybridized carbons (Fsp3) is 0.261. The lowest BCUT2D eigenvalue weighted by molar-refractivity contribution is 0.103. The Balaban J connectivity index is 1.54. The molecule has 1 fully saturated rings. The summed E-state index contributed by atoms with van der Waals surface area (Å²) in [5.41, 5.74) is 3.46. The highest BCUT2D eigenvalue weighted by atomic mass is 32.2. The van der Waals surface area contributed by atoms with Crippen molar-refractivity contribution < 1.29 is 13.2 Å². The number of piperazine rings is 1. The number of aryl methyl sites for hydroxylation is 1. The number of anilines is 1. The third kappa shape index (κ3) is 4.72. The van der Waals surface area contributed by atoms with E-state index in [1.165, 1.54) is 21.7 Å². The van der Waals surface area contributed by atoms with Gasteiger partial charge >= 0.3 is 0 Å². The van der Waals surface area contributed by atoms with E-state index in [4.69, 9.17) is 0 Å². The van der Waals surface area contributed by atoms with Crippen LogP contribution in [0, 0.1) is 6.92 Å². The molecule has 3 aromatic rings. The molecule has 2 heterocycles. The lowest BCUT2D eigenvalue weighted by Crippen LogP contribution is -2.47. The Hall–Kier alpha value is -2.52. The molecule has 0 radical (unpaired) electrons. The van der Waals surface area contributed by atoms with Gasteiger partial charge in [0.1, 0.15) is 0 Å². The largest absolute Gasteiger partial charge is 0.321 e. The zero-order valence-electron chi connectivity index (χ0n) is 17.5. The molecule has 0 atom stereocenters. The van der Waals surface area contributed by atoms with Crippen molar-refractivity contribution in [1.82, 2.24) is 9.21 Å².